The molecule has 0 radical (unpaired) electrons. The number of aromatic carboxylic acids is 1. The summed E-state index contributed by atoms with van der Waals surface area (Å²) in [5.74, 6) is -1.66. The Labute approximate surface area is 110 Å². The van der Waals surface area contributed by atoms with E-state index in [0.29, 0.717) is 0 Å². The predicted octanol–water partition coefficient (Wildman–Crippen LogP) is 1.26. The van der Waals surface area contributed by atoms with Gasteiger partial charge in [0.1, 0.15) is 0 Å². The molecule has 0 aliphatic rings. The van der Waals surface area contributed by atoms with E-state index in [1.165, 1.54) is 32.6 Å². The van der Waals surface area contributed by atoms with E-state index in [4.69, 9.17) is 9.94 Å². The second-order valence-electron chi connectivity index (χ2n) is 3.32. The summed E-state index contributed by atoms with van der Waals surface area (Å²) in [7, 11) is 2.67. The van der Waals surface area contributed by atoms with Crippen LogP contribution in [0.15, 0.2) is 36.6 Å². The summed E-state index contributed by atoms with van der Waals surface area (Å²) in [6.45, 7) is 0. The van der Waals surface area contributed by atoms with Crippen molar-refractivity contribution in [3.05, 3.63) is 42.2 Å². The molecule has 0 aliphatic heterocycles. The minimum Gasteiger partial charge on any atom is -0.504 e. The highest BCUT2D eigenvalue weighted by Crippen LogP contribution is 2.15. The number of para-hydroxylation sites is 1. The van der Waals surface area contributed by atoms with Gasteiger partial charge in [0.2, 0.25) is 0 Å². The van der Waals surface area contributed by atoms with Gasteiger partial charge >= 0.3 is 5.97 Å². The molecular formula is C12H14N2O5. The number of hydrogen-bond donors (Lipinski definition) is 2. The van der Waals surface area contributed by atoms with Crippen molar-refractivity contribution in [2.24, 2.45) is 0 Å². The van der Waals surface area contributed by atoms with E-state index in [2.05, 4.69) is 10.2 Å². The summed E-state index contributed by atoms with van der Waals surface area (Å²) in [5, 5.41) is 9.80. The molecule has 2 N–H and O–H groups in total. The van der Waals surface area contributed by atoms with Crippen LogP contribution in [0.25, 0.3) is 0 Å². The lowest BCUT2D eigenvalue weighted by atomic mass is 10.2. The van der Waals surface area contributed by atoms with Crippen LogP contribution in [-0.2, 0) is 14.4 Å². The van der Waals surface area contributed by atoms with Crippen molar-refractivity contribution in [1.82, 2.24) is 5.17 Å². The number of rotatable bonds is 6. The van der Waals surface area contributed by atoms with Gasteiger partial charge in [-0.05, 0) is 12.1 Å². The minimum absolute atomic E-state index is 0.0214. The first-order valence-corrected chi connectivity index (χ1v) is 5.26. The fourth-order valence-electron chi connectivity index (χ4n) is 1.26. The highest BCUT2D eigenvalue weighted by atomic mass is 16.7. The summed E-state index contributed by atoms with van der Waals surface area (Å²) < 4.78 is 4.61. The Morgan fingerprint density at radius 3 is 2.58 bits per heavy atom. The van der Waals surface area contributed by atoms with E-state index >= 15 is 0 Å². The van der Waals surface area contributed by atoms with Crippen LogP contribution in [0.3, 0.4) is 0 Å². The highest BCUT2D eigenvalue weighted by molar-refractivity contribution is 5.95. The van der Waals surface area contributed by atoms with Crippen molar-refractivity contribution in [1.29, 1.82) is 0 Å². The number of anilines is 1. The Kier molecular flexibility index (Phi) is 5.36. The quantitative estimate of drug-likeness (QED) is 0.458. The van der Waals surface area contributed by atoms with Crippen molar-refractivity contribution in [2.45, 2.75) is 0 Å². The molecule has 0 saturated carbocycles. The zero-order valence-corrected chi connectivity index (χ0v) is 10.5. The van der Waals surface area contributed by atoms with E-state index < -0.39 is 11.9 Å². The number of nitrogens with one attached hydrogen (secondary N) is 1. The van der Waals surface area contributed by atoms with E-state index in [0.717, 1.165) is 11.2 Å². The first-order valence-electron chi connectivity index (χ1n) is 5.26. The molecule has 1 amide bonds. The molecule has 0 unspecified atom stereocenters. The highest BCUT2D eigenvalue weighted by Gasteiger charge is 2.15. The van der Waals surface area contributed by atoms with Crippen LogP contribution < -0.4 is 5.43 Å². The standard InChI is InChI=1S/C12H14N2O5/c1-18-8-7-11(15)14(19-2)13-10-6-4-3-5-9(10)12(16)17/h3-8,13H,1-2H3,(H,16,17)/b8-7+. The molecule has 0 atom stereocenters. The smallest absolute Gasteiger partial charge is 0.337 e. The maximum absolute atomic E-state index is 11.6. The number of carboxylic acid groups (broad SMARTS) is 1. The van der Waals surface area contributed by atoms with Gasteiger partial charge in [0.25, 0.3) is 5.91 Å². The van der Waals surface area contributed by atoms with Crippen LogP contribution in [0.5, 0.6) is 0 Å². The summed E-state index contributed by atoms with van der Waals surface area (Å²) in [5.41, 5.74) is 2.82. The van der Waals surface area contributed by atoms with Crippen molar-refractivity contribution in [2.75, 3.05) is 19.6 Å². The molecule has 1 rings (SSSR count). The maximum Gasteiger partial charge on any atom is 0.337 e. The number of carbonyl (C=O) groups is 2. The van der Waals surface area contributed by atoms with E-state index in [-0.39, 0.29) is 11.3 Å². The predicted molar refractivity (Wildman–Crippen MR) is 67.0 cm³/mol. The number of hydroxylamine groups is 1. The Morgan fingerprint density at radius 2 is 2.00 bits per heavy atom. The second-order valence-corrected chi connectivity index (χ2v) is 3.32. The summed E-state index contributed by atoms with van der Waals surface area (Å²) in [4.78, 5) is 27.5. The Hall–Kier alpha value is -2.54. The second kappa shape index (κ2) is 7.02. The van der Waals surface area contributed by atoms with Crippen LogP contribution in [0.4, 0.5) is 5.69 Å². The van der Waals surface area contributed by atoms with Gasteiger partial charge < -0.3 is 9.84 Å². The van der Waals surface area contributed by atoms with Crippen molar-refractivity contribution in [3.8, 4) is 0 Å². The van der Waals surface area contributed by atoms with Crippen molar-refractivity contribution < 1.29 is 24.3 Å². The summed E-state index contributed by atoms with van der Waals surface area (Å²) in [6.07, 6.45) is 2.30. The number of ether oxygens (including phenoxy) is 1. The molecule has 1 aromatic rings. The van der Waals surface area contributed by atoms with Gasteiger partial charge in [-0.3, -0.25) is 15.1 Å². The van der Waals surface area contributed by atoms with Gasteiger partial charge in [-0.1, -0.05) is 12.1 Å². The molecule has 0 spiro atoms. The Balaban J connectivity index is 2.90. The molecular weight excluding hydrogens is 252 g/mol. The lowest BCUT2D eigenvalue weighted by Gasteiger charge is -2.20. The van der Waals surface area contributed by atoms with Gasteiger partial charge in [-0.15, -0.1) is 5.17 Å². The molecule has 0 heterocycles. The number of hydrogen-bond acceptors (Lipinski definition) is 5. The number of nitrogens with zero attached hydrogens (tertiary/aromatic N) is 1. The molecule has 102 valence electrons. The molecule has 1 aromatic carbocycles. The number of benzene rings is 1. The topological polar surface area (TPSA) is 88.1 Å². The normalized spacial score (nSPS) is 10.2. The molecule has 0 aliphatic carbocycles. The zero-order chi connectivity index (χ0) is 14.3. The van der Waals surface area contributed by atoms with Crippen LogP contribution >= 0.6 is 0 Å². The number of hydrazine groups is 1. The van der Waals surface area contributed by atoms with E-state index in [9.17, 15) is 9.59 Å². The Bertz CT molecular complexity index is 487. The molecule has 7 heteroatoms. The maximum atomic E-state index is 11.6. The lowest BCUT2D eigenvalue weighted by Crippen LogP contribution is -2.34. The zero-order valence-electron chi connectivity index (χ0n) is 10.5. The van der Waals surface area contributed by atoms with E-state index in [1.807, 2.05) is 0 Å². The Morgan fingerprint density at radius 1 is 1.32 bits per heavy atom. The monoisotopic (exact) mass is 266 g/mol. The number of carboxylic acids is 1. The third-order valence-corrected chi connectivity index (χ3v) is 2.11. The molecule has 0 saturated heterocycles. The molecule has 19 heavy (non-hydrogen) atoms. The van der Waals surface area contributed by atoms with Gasteiger partial charge in [0, 0.05) is 6.08 Å². The third-order valence-electron chi connectivity index (χ3n) is 2.11. The molecule has 7 nitrogen and oxygen atoms in total. The van der Waals surface area contributed by atoms with Gasteiger partial charge in [-0.2, -0.15) is 0 Å². The average molecular weight is 266 g/mol. The number of carbonyl (C=O) groups excluding carboxylic acids is 1. The summed E-state index contributed by atoms with van der Waals surface area (Å²) in [6, 6.07) is 6.15. The lowest BCUT2D eigenvalue weighted by molar-refractivity contribution is -0.162. The van der Waals surface area contributed by atoms with Crippen LogP contribution in [0, 0.1) is 0 Å². The van der Waals surface area contributed by atoms with Crippen LogP contribution in [-0.4, -0.2) is 36.4 Å². The van der Waals surface area contributed by atoms with Crippen molar-refractivity contribution >= 4 is 17.6 Å². The number of methoxy groups -OCH3 is 1. The van der Waals surface area contributed by atoms with E-state index in [1.54, 1.807) is 12.1 Å². The minimum atomic E-state index is -1.11. The molecule has 0 bridgehead atoms. The van der Waals surface area contributed by atoms with Gasteiger partial charge in [0.05, 0.1) is 31.7 Å². The SMILES string of the molecule is CO/C=C/C(=O)N(Nc1ccccc1C(=O)O)OC. The van der Waals surface area contributed by atoms with Crippen LogP contribution in [0.2, 0.25) is 0 Å². The average Bonchev–Trinajstić information content (AvgIpc) is 2.42. The molecule has 0 aromatic heterocycles. The van der Waals surface area contributed by atoms with Crippen LogP contribution in [0.1, 0.15) is 10.4 Å². The third kappa shape index (κ3) is 4.00. The first-order chi connectivity index (χ1) is 9.10. The van der Waals surface area contributed by atoms with Gasteiger partial charge in [-0.25, -0.2) is 4.79 Å². The van der Waals surface area contributed by atoms with Gasteiger partial charge in [0.15, 0.2) is 0 Å². The van der Waals surface area contributed by atoms with Crippen molar-refractivity contribution in [3.63, 3.8) is 0 Å². The molecule has 0 fully saturated rings. The fraction of sp³-hybridized carbons (Fsp3) is 0.167. The first kappa shape index (κ1) is 14.5. The fourth-order valence-corrected chi connectivity index (χ4v) is 1.26. The number of amides is 1. The summed E-state index contributed by atoms with van der Waals surface area (Å²) >= 11 is 0. The largest absolute Gasteiger partial charge is 0.504 e.